The zero-order valence-corrected chi connectivity index (χ0v) is 11.3. The highest BCUT2D eigenvalue weighted by atomic mass is 79.9. The van der Waals surface area contributed by atoms with Crippen molar-refractivity contribution in [3.63, 3.8) is 0 Å². The fourth-order valence-corrected chi connectivity index (χ4v) is 2.56. The average Bonchev–Trinajstić information content (AvgIpc) is 2.31. The Balaban J connectivity index is 2.15. The van der Waals surface area contributed by atoms with Gasteiger partial charge < -0.3 is 4.90 Å². The van der Waals surface area contributed by atoms with E-state index in [2.05, 4.69) is 15.9 Å². The van der Waals surface area contributed by atoms with Crippen molar-refractivity contribution in [3.05, 3.63) is 34.1 Å². The van der Waals surface area contributed by atoms with Gasteiger partial charge in [-0.3, -0.25) is 4.79 Å². The van der Waals surface area contributed by atoms with Crippen LogP contribution in [0.4, 0.5) is 4.39 Å². The second-order valence-corrected chi connectivity index (χ2v) is 5.31. The third-order valence-electron chi connectivity index (χ3n) is 3.19. The first-order valence-corrected chi connectivity index (χ1v) is 6.60. The number of halogens is 2. The van der Waals surface area contributed by atoms with Gasteiger partial charge in [0.1, 0.15) is 5.82 Å². The Labute approximate surface area is 109 Å². The smallest absolute Gasteiger partial charge is 0.225 e. The van der Waals surface area contributed by atoms with E-state index >= 15 is 0 Å². The molecule has 1 aromatic carbocycles. The molecule has 0 radical (unpaired) electrons. The zero-order chi connectivity index (χ0) is 12.4. The standard InChI is InChI=1S/C13H15BrFNO/c1-9-4-3-7-16(13(9)17)8-10-5-2-6-11(15)12(10)14/h2,5-6,9H,3-4,7-8H2,1H3. The molecule has 0 spiro atoms. The summed E-state index contributed by atoms with van der Waals surface area (Å²) < 4.78 is 13.8. The van der Waals surface area contributed by atoms with E-state index in [9.17, 15) is 9.18 Å². The van der Waals surface area contributed by atoms with Crippen molar-refractivity contribution in [2.45, 2.75) is 26.3 Å². The Kier molecular flexibility index (Phi) is 3.82. The van der Waals surface area contributed by atoms with Crippen molar-refractivity contribution in [3.8, 4) is 0 Å². The largest absolute Gasteiger partial charge is 0.338 e. The molecule has 2 nitrogen and oxygen atoms in total. The third kappa shape index (κ3) is 2.68. The minimum absolute atomic E-state index is 0.0936. The summed E-state index contributed by atoms with van der Waals surface area (Å²) >= 11 is 3.23. The van der Waals surface area contributed by atoms with E-state index in [1.165, 1.54) is 6.07 Å². The minimum atomic E-state index is -0.278. The zero-order valence-electron chi connectivity index (χ0n) is 9.75. The molecule has 1 unspecified atom stereocenters. The fraction of sp³-hybridized carbons (Fsp3) is 0.462. The number of hydrogen-bond donors (Lipinski definition) is 0. The Bertz CT molecular complexity index is 435. The van der Waals surface area contributed by atoms with Crippen molar-refractivity contribution in [2.75, 3.05) is 6.54 Å². The number of carbonyl (C=O) groups is 1. The number of likely N-dealkylation sites (tertiary alicyclic amines) is 1. The van der Waals surface area contributed by atoms with Crippen LogP contribution in [0, 0.1) is 11.7 Å². The lowest BCUT2D eigenvalue weighted by atomic mass is 9.99. The second kappa shape index (κ2) is 5.17. The molecule has 1 saturated heterocycles. The highest BCUT2D eigenvalue weighted by Crippen LogP contribution is 2.25. The van der Waals surface area contributed by atoms with E-state index in [0.29, 0.717) is 11.0 Å². The molecule has 1 amide bonds. The lowest BCUT2D eigenvalue weighted by Crippen LogP contribution is -2.39. The van der Waals surface area contributed by atoms with Crippen molar-refractivity contribution in [2.24, 2.45) is 5.92 Å². The molecule has 0 bridgehead atoms. The van der Waals surface area contributed by atoms with Gasteiger partial charge >= 0.3 is 0 Å². The van der Waals surface area contributed by atoms with Crippen LogP contribution in [0.2, 0.25) is 0 Å². The summed E-state index contributed by atoms with van der Waals surface area (Å²) in [6.07, 6.45) is 1.99. The maximum atomic E-state index is 13.4. The molecule has 1 fully saturated rings. The molecule has 1 aliphatic heterocycles. The number of piperidine rings is 1. The molecule has 2 rings (SSSR count). The summed E-state index contributed by atoms with van der Waals surface area (Å²) in [7, 11) is 0. The van der Waals surface area contributed by atoms with Crippen LogP contribution in [0.5, 0.6) is 0 Å². The van der Waals surface area contributed by atoms with Gasteiger partial charge in [-0.2, -0.15) is 0 Å². The maximum absolute atomic E-state index is 13.4. The molecule has 4 heteroatoms. The molecule has 92 valence electrons. The van der Waals surface area contributed by atoms with Gasteiger partial charge in [-0.15, -0.1) is 0 Å². The van der Waals surface area contributed by atoms with Crippen LogP contribution in [0.3, 0.4) is 0 Å². The van der Waals surface area contributed by atoms with E-state index in [1.54, 1.807) is 6.07 Å². The number of amides is 1. The predicted molar refractivity (Wildman–Crippen MR) is 67.9 cm³/mol. The molecular formula is C13H15BrFNO. The predicted octanol–water partition coefficient (Wildman–Crippen LogP) is 3.35. The van der Waals surface area contributed by atoms with E-state index in [0.717, 1.165) is 24.9 Å². The summed E-state index contributed by atoms with van der Waals surface area (Å²) in [6.45, 7) is 3.21. The molecule has 1 atom stereocenters. The van der Waals surface area contributed by atoms with Gasteiger partial charge in [-0.05, 0) is 40.4 Å². The van der Waals surface area contributed by atoms with Crippen LogP contribution < -0.4 is 0 Å². The number of nitrogens with zero attached hydrogens (tertiary/aromatic N) is 1. The first-order valence-electron chi connectivity index (χ1n) is 5.81. The Morgan fingerprint density at radius 3 is 3.06 bits per heavy atom. The van der Waals surface area contributed by atoms with Crippen LogP contribution >= 0.6 is 15.9 Å². The summed E-state index contributed by atoms with van der Waals surface area (Å²) in [4.78, 5) is 13.8. The maximum Gasteiger partial charge on any atom is 0.225 e. The van der Waals surface area contributed by atoms with E-state index in [1.807, 2.05) is 17.9 Å². The van der Waals surface area contributed by atoms with Gasteiger partial charge in [0, 0.05) is 19.0 Å². The Morgan fingerprint density at radius 2 is 2.29 bits per heavy atom. The highest BCUT2D eigenvalue weighted by molar-refractivity contribution is 9.10. The molecule has 1 heterocycles. The SMILES string of the molecule is CC1CCCN(Cc2cccc(F)c2Br)C1=O. The molecule has 0 aliphatic carbocycles. The lowest BCUT2D eigenvalue weighted by molar-refractivity contribution is -0.138. The Hall–Kier alpha value is -0.900. The number of hydrogen-bond acceptors (Lipinski definition) is 1. The van der Waals surface area contributed by atoms with Gasteiger partial charge in [-0.1, -0.05) is 19.1 Å². The van der Waals surface area contributed by atoms with Crippen LogP contribution in [0.25, 0.3) is 0 Å². The van der Waals surface area contributed by atoms with Crippen LogP contribution in [0.1, 0.15) is 25.3 Å². The van der Waals surface area contributed by atoms with Gasteiger partial charge in [0.2, 0.25) is 5.91 Å². The first-order chi connectivity index (χ1) is 8.09. The monoisotopic (exact) mass is 299 g/mol. The van der Waals surface area contributed by atoms with Crippen molar-refractivity contribution in [1.29, 1.82) is 0 Å². The molecule has 1 aliphatic rings. The summed E-state index contributed by atoms with van der Waals surface area (Å²) in [5.74, 6) is -0.0106. The fourth-order valence-electron chi connectivity index (χ4n) is 2.17. The highest BCUT2D eigenvalue weighted by Gasteiger charge is 2.25. The average molecular weight is 300 g/mol. The van der Waals surface area contributed by atoms with Crippen molar-refractivity contribution < 1.29 is 9.18 Å². The van der Waals surface area contributed by atoms with Crippen LogP contribution in [-0.2, 0) is 11.3 Å². The molecular weight excluding hydrogens is 285 g/mol. The van der Waals surface area contributed by atoms with Gasteiger partial charge in [-0.25, -0.2) is 4.39 Å². The third-order valence-corrected chi connectivity index (χ3v) is 4.08. The number of carbonyl (C=O) groups excluding carboxylic acids is 1. The topological polar surface area (TPSA) is 20.3 Å². The number of benzene rings is 1. The minimum Gasteiger partial charge on any atom is -0.338 e. The molecule has 0 N–H and O–H groups in total. The summed E-state index contributed by atoms with van der Waals surface area (Å²) in [6, 6.07) is 4.93. The van der Waals surface area contributed by atoms with Crippen LogP contribution in [0.15, 0.2) is 22.7 Å². The Morgan fingerprint density at radius 1 is 1.53 bits per heavy atom. The normalized spacial score (nSPS) is 20.8. The summed E-state index contributed by atoms with van der Waals surface area (Å²) in [5, 5.41) is 0. The van der Waals surface area contributed by atoms with E-state index < -0.39 is 0 Å². The van der Waals surface area contributed by atoms with E-state index in [-0.39, 0.29) is 17.6 Å². The van der Waals surface area contributed by atoms with Gasteiger partial charge in [0.25, 0.3) is 0 Å². The quantitative estimate of drug-likeness (QED) is 0.820. The van der Waals surface area contributed by atoms with Gasteiger partial charge in [0.15, 0.2) is 0 Å². The second-order valence-electron chi connectivity index (χ2n) is 4.52. The van der Waals surface area contributed by atoms with Crippen LogP contribution in [-0.4, -0.2) is 17.4 Å². The molecule has 0 saturated carbocycles. The first kappa shape index (κ1) is 12.6. The van der Waals surface area contributed by atoms with Gasteiger partial charge in [0.05, 0.1) is 4.47 Å². The van der Waals surface area contributed by atoms with Crippen molar-refractivity contribution >= 4 is 21.8 Å². The molecule has 1 aromatic rings. The van der Waals surface area contributed by atoms with E-state index in [4.69, 9.17) is 0 Å². The lowest BCUT2D eigenvalue weighted by Gasteiger charge is -2.31. The molecule has 0 aromatic heterocycles. The number of rotatable bonds is 2. The molecule has 17 heavy (non-hydrogen) atoms. The summed E-state index contributed by atoms with van der Waals surface area (Å²) in [5.41, 5.74) is 0.826. The van der Waals surface area contributed by atoms with Crippen molar-refractivity contribution in [1.82, 2.24) is 4.90 Å².